The highest BCUT2D eigenvalue weighted by Gasteiger charge is 2.28. The van der Waals surface area contributed by atoms with Crippen molar-refractivity contribution in [3.63, 3.8) is 0 Å². The van der Waals surface area contributed by atoms with Crippen LogP contribution in [-0.4, -0.2) is 20.7 Å². The van der Waals surface area contributed by atoms with Crippen molar-refractivity contribution in [3.8, 4) is 5.69 Å². The second-order valence-corrected chi connectivity index (χ2v) is 9.14. The Balaban J connectivity index is 1.20. The lowest BCUT2D eigenvalue weighted by Crippen LogP contribution is -2.27. The second-order valence-electron chi connectivity index (χ2n) is 8.27. The summed E-state index contributed by atoms with van der Waals surface area (Å²) in [5, 5.41) is 9.84. The molecule has 162 valence electrons. The third-order valence-corrected chi connectivity index (χ3v) is 6.65. The number of carbonyl (C=O) groups excluding carboxylic acids is 1. The van der Waals surface area contributed by atoms with E-state index in [1.807, 2.05) is 59.4 Å². The van der Waals surface area contributed by atoms with Crippen molar-refractivity contribution in [1.82, 2.24) is 14.8 Å². The van der Waals surface area contributed by atoms with Gasteiger partial charge >= 0.3 is 0 Å². The van der Waals surface area contributed by atoms with Crippen molar-refractivity contribution in [1.29, 1.82) is 0 Å². The molecule has 0 saturated heterocycles. The van der Waals surface area contributed by atoms with Crippen LogP contribution in [0.1, 0.15) is 37.2 Å². The molecule has 2 aromatic heterocycles. The number of anilines is 1. The fraction of sp³-hybridized carbons (Fsp3) is 0.240. The molecule has 5 nitrogen and oxygen atoms in total. The minimum absolute atomic E-state index is 0.000254. The monoisotopic (exact) mass is 464 g/mol. The highest BCUT2D eigenvalue weighted by Crippen LogP contribution is 2.36. The van der Waals surface area contributed by atoms with Gasteiger partial charge in [-0.15, -0.1) is 0 Å². The maximum absolute atomic E-state index is 12.8. The molecule has 2 heterocycles. The fourth-order valence-corrected chi connectivity index (χ4v) is 4.67. The van der Waals surface area contributed by atoms with Gasteiger partial charge < -0.3 is 5.32 Å². The van der Waals surface area contributed by atoms with Gasteiger partial charge in [-0.1, -0.05) is 23.2 Å². The van der Waals surface area contributed by atoms with Crippen LogP contribution in [0.2, 0.25) is 10.0 Å². The summed E-state index contributed by atoms with van der Waals surface area (Å²) in [5.74, 6) is 1.04. The second kappa shape index (κ2) is 8.93. The zero-order valence-electron chi connectivity index (χ0n) is 17.3. The maximum Gasteiger partial charge on any atom is 0.228 e. The lowest BCUT2D eigenvalue weighted by molar-refractivity contribution is -0.120. The predicted octanol–water partition coefficient (Wildman–Crippen LogP) is 6.64. The number of benzene rings is 2. The van der Waals surface area contributed by atoms with E-state index in [0.29, 0.717) is 21.8 Å². The lowest BCUT2D eigenvalue weighted by Gasteiger charge is -2.27. The van der Waals surface area contributed by atoms with Gasteiger partial charge in [-0.25, -0.2) is 9.67 Å². The minimum atomic E-state index is 0.000254. The molecule has 1 N–H and O–H groups in total. The number of carbonyl (C=O) groups is 1. The number of fused-ring (bicyclic) bond motifs is 1. The number of hydrogen-bond acceptors (Lipinski definition) is 3. The third kappa shape index (κ3) is 4.50. The molecule has 2 aromatic carbocycles. The Morgan fingerprint density at radius 2 is 1.69 bits per heavy atom. The molecule has 0 aliphatic heterocycles. The molecule has 0 radical (unpaired) electrons. The van der Waals surface area contributed by atoms with Crippen LogP contribution in [0, 0.1) is 5.92 Å². The molecule has 0 unspecified atom stereocenters. The van der Waals surface area contributed by atoms with Crippen LogP contribution in [0.4, 0.5) is 5.82 Å². The van der Waals surface area contributed by atoms with Crippen molar-refractivity contribution in [2.45, 2.75) is 31.6 Å². The van der Waals surface area contributed by atoms with Crippen molar-refractivity contribution >= 4 is 45.8 Å². The van der Waals surface area contributed by atoms with Gasteiger partial charge in [-0.05, 0) is 91.8 Å². The number of pyridine rings is 1. The van der Waals surface area contributed by atoms with Crippen molar-refractivity contribution in [2.24, 2.45) is 5.92 Å². The van der Waals surface area contributed by atoms with Crippen LogP contribution >= 0.6 is 23.2 Å². The number of rotatable bonds is 4. The smallest absolute Gasteiger partial charge is 0.228 e. The zero-order chi connectivity index (χ0) is 22.1. The van der Waals surface area contributed by atoms with E-state index in [1.165, 1.54) is 5.56 Å². The summed E-state index contributed by atoms with van der Waals surface area (Å²) >= 11 is 12.0. The number of hydrogen-bond donors (Lipinski definition) is 1. The summed E-state index contributed by atoms with van der Waals surface area (Å²) in [5.41, 5.74) is 3.01. The largest absolute Gasteiger partial charge is 0.310 e. The van der Waals surface area contributed by atoms with E-state index in [4.69, 9.17) is 23.2 Å². The zero-order valence-corrected chi connectivity index (χ0v) is 18.9. The summed E-state index contributed by atoms with van der Waals surface area (Å²) in [6.45, 7) is 0. The van der Waals surface area contributed by atoms with E-state index in [1.54, 1.807) is 6.07 Å². The summed E-state index contributed by atoms with van der Waals surface area (Å²) in [4.78, 5) is 17.4. The molecule has 0 spiro atoms. The molecule has 0 bridgehead atoms. The molecule has 32 heavy (non-hydrogen) atoms. The van der Waals surface area contributed by atoms with E-state index in [9.17, 15) is 4.79 Å². The van der Waals surface area contributed by atoms with Crippen LogP contribution < -0.4 is 5.32 Å². The Bertz CT molecular complexity index is 1260. The molecule has 0 atom stereocenters. The third-order valence-electron chi connectivity index (χ3n) is 6.17. The maximum atomic E-state index is 12.8. The average molecular weight is 465 g/mol. The van der Waals surface area contributed by atoms with Crippen LogP contribution in [0.15, 0.2) is 67.0 Å². The first-order valence-corrected chi connectivity index (χ1v) is 11.5. The lowest BCUT2D eigenvalue weighted by atomic mass is 9.79. The predicted molar refractivity (Wildman–Crippen MR) is 129 cm³/mol. The van der Waals surface area contributed by atoms with Gasteiger partial charge in [0, 0.05) is 27.5 Å². The van der Waals surface area contributed by atoms with Crippen molar-refractivity contribution in [2.75, 3.05) is 5.32 Å². The molecular weight excluding hydrogens is 443 g/mol. The first-order valence-electron chi connectivity index (χ1n) is 10.7. The van der Waals surface area contributed by atoms with Gasteiger partial charge in [0.1, 0.15) is 5.82 Å². The first kappa shape index (κ1) is 21.0. The van der Waals surface area contributed by atoms with Crippen LogP contribution in [0.3, 0.4) is 0 Å². The number of amides is 1. The summed E-state index contributed by atoms with van der Waals surface area (Å²) in [6.07, 6.45) is 7.66. The van der Waals surface area contributed by atoms with Crippen molar-refractivity contribution < 1.29 is 4.79 Å². The Hall–Kier alpha value is -2.89. The molecule has 1 aliphatic rings. The SMILES string of the molecule is O=C(Nc1ccc2cc(Cl)ccc2n1)[C@H]1CC[C@H](c2cnn(-c3ccc(Cl)cc3)c2)CC1. The van der Waals surface area contributed by atoms with E-state index in [2.05, 4.69) is 21.6 Å². The topological polar surface area (TPSA) is 59.8 Å². The molecule has 1 amide bonds. The molecule has 4 aromatic rings. The Labute approximate surface area is 196 Å². The Morgan fingerprint density at radius 3 is 2.47 bits per heavy atom. The van der Waals surface area contributed by atoms with Crippen LogP contribution in [0.25, 0.3) is 16.6 Å². The molecule has 1 saturated carbocycles. The van der Waals surface area contributed by atoms with E-state index >= 15 is 0 Å². The number of aromatic nitrogens is 3. The van der Waals surface area contributed by atoms with E-state index < -0.39 is 0 Å². The number of nitrogens with zero attached hydrogens (tertiary/aromatic N) is 3. The first-order chi connectivity index (χ1) is 15.5. The molecule has 1 fully saturated rings. The van der Waals surface area contributed by atoms with Gasteiger partial charge in [0.15, 0.2) is 0 Å². The summed E-state index contributed by atoms with van der Waals surface area (Å²) in [7, 11) is 0. The summed E-state index contributed by atoms with van der Waals surface area (Å²) < 4.78 is 1.88. The fourth-order valence-electron chi connectivity index (χ4n) is 4.37. The molecule has 1 aliphatic carbocycles. The standard InChI is InChI=1S/C25H22Cl2N4O/c26-20-6-9-22(10-7-20)31-15-19(14-28-31)16-1-3-17(4-2-16)25(32)30-24-12-5-18-13-21(27)8-11-23(18)29-24/h5-17H,1-4H2,(H,29,30,32)/t16-,17-. The molecule has 7 heteroatoms. The molecule has 5 rings (SSSR count). The van der Waals surface area contributed by atoms with Gasteiger partial charge in [-0.3, -0.25) is 4.79 Å². The van der Waals surface area contributed by atoms with E-state index in [-0.39, 0.29) is 11.8 Å². The van der Waals surface area contributed by atoms with Gasteiger partial charge in [0.05, 0.1) is 17.4 Å². The Morgan fingerprint density at radius 1 is 0.938 bits per heavy atom. The normalized spacial score (nSPS) is 18.6. The van der Waals surface area contributed by atoms with Gasteiger partial charge in [0.25, 0.3) is 0 Å². The summed E-state index contributed by atoms with van der Waals surface area (Å²) in [6, 6.07) is 16.9. The minimum Gasteiger partial charge on any atom is -0.310 e. The van der Waals surface area contributed by atoms with Crippen LogP contribution in [-0.2, 0) is 4.79 Å². The van der Waals surface area contributed by atoms with Crippen molar-refractivity contribution in [3.05, 3.63) is 82.6 Å². The number of halogens is 2. The quantitative estimate of drug-likeness (QED) is 0.368. The average Bonchev–Trinajstić information content (AvgIpc) is 3.30. The highest BCUT2D eigenvalue weighted by molar-refractivity contribution is 6.31. The van der Waals surface area contributed by atoms with Crippen LogP contribution in [0.5, 0.6) is 0 Å². The van der Waals surface area contributed by atoms with Gasteiger partial charge in [0.2, 0.25) is 5.91 Å². The Kier molecular flexibility index (Phi) is 5.85. The highest BCUT2D eigenvalue weighted by atomic mass is 35.5. The van der Waals surface area contributed by atoms with E-state index in [0.717, 1.165) is 42.3 Å². The molecular formula is C25H22Cl2N4O. The number of nitrogens with one attached hydrogen (secondary N) is 1. The van der Waals surface area contributed by atoms with Gasteiger partial charge in [-0.2, -0.15) is 5.10 Å².